The van der Waals surface area contributed by atoms with Crippen LogP contribution in [0.2, 0.25) is 0 Å². The van der Waals surface area contributed by atoms with Crippen molar-refractivity contribution in [2.75, 3.05) is 0 Å². The molecule has 1 fully saturated rings. The fourth-order valence-electron chi connectivity index (χ4n) is 2.28. The molecule has 2 heterocycles. The molecule has 5 nitrogen and oxygen atoms in total. The molecular weight excluding hydrogens is 242 g/mol. The predicted octanol–water partition coefficient (Wildman–Crippen LogP) is 1.38. The van der Waals surface area contributed by atoms with Crippen LogP contribution in [0.25, 0.3) is 0 Å². The topological polar surface area (TPSA) is 55.2 Å². The molecule has 1 saturated heterocycles. The Balaban J connectivity index is 1.80. The lowest BCUT2D eigenvalue weighted by molar-refractivity contribution is -0.139. The van der Waals surface area contributed by atoms with Gasteiger partial charge in [0.15, 0.2) is 0 Å². The fraction of sp³-hybridized carbons (Fsp3) is 0.214. The third-order valence-corrected chi connectivity index (χ3v) is 3.29. The molecule has 0 radical (unpaired) electrons. The number of benzene rings is 1. The van der Waals surface area contributed by atoms with E-state index in [9.17, 15) is 9.59 Å². The summed E-state index contributed by atoms with van der Waals surface area (Å²) < 4.78 is 1.69. The van der Waals surface area contributed by atoms with E-state index in [1.807, 2.05) is 30.3 Å². The number of imide groups is 1. The van der Waals surface area contributed by atoms with E-state index >= 15 is 0 Å². The highest BCUT2D eigenvalue weighted by Crippen LogP contribution is 2.25. The lowest BCUT2D eigenvalue weighted by Gasteiger charge is -2.15. The second kappa shape index (κ2) is 4.68. The highest BCUT2D eigenvalue weighted by molar-refractivity contribution is 6.04. The van der Waals surface area contributed by atoms with Gasteiger partial charge < -0.3 is 4.57 Å². The van der Waals surface area contributed by atoms with Crippen molar-refractivity contribution in [1.82, 2.24) is 14.5 Å². The van der Waals surface area contributed by atoms with Crippen molar-refractivity contribution in [3.05, 3.63) is 54.6 Å². The number of carbonyl (C=O) groups excluding carboxylic acids is 2. The maximum Gasteiger partial charge on any atom is 0.253 e. The van der Waals surface area contributed by atoms with Gasteiger partial charge in [0.05, 0.1) is 19.3 Å². The molecule has 2 aromatic rings. The first-order valence-corrected chi connectivity index (χ1v) is 6.11. The summed E-state index contributed by atoms with van der Waals surface area (Å²) in [7, 11) is 0. The molecule has 1 aliphatic heterocycles. The molecule has 0 saturated carbocycles. The predicted molar refractivity (Wildman–Crippen MR) is 67.9 cm³/mol. The molecule has 1 aliphatic rings. The van der Waals surface area contributed by atoms with Gasteiger partial charge in [0.2, 0.25) is 5.91 Å². The van der Waals surface area contributed by atoms with Crippen LogP contribution in [0.3, 0.4) is 0 Å². The van der Waals surface area contributed by atoms with E-state index in [4.69, 9.17) is 0 Å². The molecule has 2 amide bonds. The molecule has 19 heavy (non-hydrogen) atoms. The standard InChI is InChI=1S/C14H13N3O2/c18-13-8-12(16-7-6-15-10-16)14(19)17(13)9-11-4-2-1-3-5-11/h1-7,10,12H,8-9H2. The van der Waals surface area contributed by atoms with Crippen molar-refractivity contribution in [3.8, 4) is 0 Å². The second-order valence-corrected chi connectivity index (χ2v) is 4.53. The third kappa shape index (κ3) is 2.14. The van der Waals surface area contributed by atoms with E-state index in [0.717, 1.165) is 5.56 Å². The zero-order valence-electron chi connectivity index (χ0n) is 10.3. The van der Waals surface area contributed by atoms with E-state index in [1.54, 1.807) is 23.3 Å². The van der Waals surface area contributed by atoms with Crippen LogP contribution in [0.1, 0.15) is 18.0 Å². The average Bonchev–Trinajstić information content (AvgIpc) is 3.03. The highest BCUT2D eigenvalue weighted by atomic mass is 16.2. The molecule has 96 valence electrons. The van der Waals surface area contributed by atoms with E-state index in [0.29, 0.717) is 6.54 Å². The first kappa shape index (κ1) is 11.6. The molecule has 3 rings (SSSR count). The molecule has 0 bridgehead atoms. The number of likely N-dealkylation sites (tertiary alicyclic amines) is 1. The van der Waals surface area contributed by atoms with Crippen LogP contribution in [-0.2, 0) is 16.1 Å². The van der Waals surface area contributed by atoms with Crippen molar-refractivity contribution >= 4 is 11.8 Å². The number of rotatable bonds is 3. The minimum absolute atomic E-state index is 0.132. The Morgan fingerprint density at radius 2 is 2.00 bits per heavy atom. The SMILES string of the molecule is O=C1CC(n2ccnc2)C(=O)N1Cc1ccccc1. The Kier molecular flexibility index (Phi) is 2.87. The zero-order valence-corrected chi connectivity index (χ0v) is 10.3. The first-order chi connectivity index (χ1) is 9.25. The summed E-state index contributed by atoms with van der Waals surface area (Å²) in [5.41, 5.74) is 0.954. The van der Waals surface area contributed by atoms with Crippen molar-refractivity contribution in [2.45, 2.75) is 19.0 Å². The van der Waals surface area contributed by atoms with Crippen LogP contribution in [0.4, 0.5) is 0 Å². The summed E-state index contributed by atoms with van der Waals surface area (Å²) in [6.07, 6.45) is 5.10. The van der Waals surface area contributed by atoms with Gasteiger partial charge >= 0.3 is 0 Å². The lowest BCUT2D eigenvalue weighted by atomic mass is 10.2. The summed E-state index contributed by atoms with van der Waals surface area (Å²) in [6.45, 7) is 0.337. The van der Waals surface area contributed by atoms with Crippen LogP contribution in [-0.4, -0.2) is 26.3 Å². The molecule has 0 spiro atoms. The Morgan fingerprint density at radius 3 is 2.68 bits per heavy atom. The Morgan fingerprint density at radius 1 is 1.21 bits per heavy atom. The number of carbonyl (C=O) groups is 2. The fourth-order valence-corrected chi connectivity index (χ4v) is 2.28. The molecule has 0 aliphatic carbocycles. The van der Waals surface area contributed by atoms with Gasteiger partial charge in [-0.2, -0.15) is 0 Å². The number of hydrogen-bond donors (Lipinski definition) is 0. The van der Waals surface area contributed by atoms with Gasteiger partial charge in [-0.15, -0.1) is 0 Å². The smallest absolute Gasteiger partial charge is 0.253 e. The van der Waals surface area contributed by atoms with Gasteiger partial charge in [0, 0.05) is 12.4 Å². The van der Waals surface area contributed by atoms with Gasteiger partial charge in [0.1, 0.15) is 6.04 Å². The largest absolute Gasteiger partial charge is 0.324 e. The van der Waals surface area contributed by atoms with Gasteiger partial charge in [-0.1, -0.05) is 30.3 Å². The number of nitrogens with zero attached hydrogens (tertiary/aromatic N) is 3. The normalized spacial score (nSPS) is 19.2. The summed E-state index contributed by atoms with van der Waals surface area (Å²) >= 11 is 0. The van der Waals surface area contributed by atoms with Crippen molar-refractivity contribution < 1.29 is 9.59 Å². The van der Waals surface area contributed by atoms with Crippen LogP contribution >= 0.6 is 0 Å². The van der Waals surface area contributed by atoms with Gasteiger partial charge in [-0.3, -0.25) is 14.5 Å². The Labute approximate surface area is 110 Å². The molecule has 1 atom stereocenters. The summed E-state index contributed by atoms with van der Waals surface area (Å²) in [5, 5.41) is 0. The third-order valence-electron chi connectivity index (χ3n) is 3.29. The van der Waals surface area contributed by atoms with Crippen molar-refractivity contribution in [3.63, 3.8) is 0 Å². The summed E-state index contributed by atoms with van der Waals surface area (Å²) in [5.74, 6) is -0.292. The number of amides is 2. The average molecular weight is 255 g/mol. The maximum absolute atomic E-state index is 12.3. The van der Waals surface area contributed by atoms with Crippen LogP contribution in [0, 0.1) is 0 Å². The summed E-state index contributed by atoms with van der Waals surface area (Å²) in [6, 6.07) is 9.07. The Bertz CT molecular complexity index is 592. The number of aromatic nitrogens is 2. The Hall–Kier alpha value is -2.43. The van der Waals surface area contributed by atoms with Crippen LogP contribution in [0.15, 0.2) is 49.1 Å². The quantitative estimate of drug-likeness (QED) is 0.779. The molecular formula is C14H13N3O2. The van der Waals surface area contributed by atoms with Gasteiger partial charge in [-0.05, 0) is 5.56 Å². The molecule has 0 N–H and O–H groups in total. The van der Waals surface area contributed by atoms with E-state index < -0.39 is 6.04 Å². The highest BCUT2D eigenvalue weighted by Gasteiger charge is 2.39. The monoisotopic (exact) mass is 255 g/mol. The molecule has 5 heteroatoms. The second-order valence-electron chi connectivity index (χ2n) is 4.53. The minimum atomic E-state index is -0.446. The lowest BCUT2D eigenvalue weighted by Crippen LogP contribution is -2.30. The van der Waals surface area contributed by atoms with Crippen molar-refractivity contribution in [1.29, 1.82) is 0 Å². The van der Waals surface area contributed by atoms with Gasteiger partial charge in [-0.25, -0.2) is 4.98 Å². The van der Waals surface area contributed by atoms with E-state index in [2.05, 4.69) is 4.98 Å². The van der Waals surface area contributed by atoms with Crippen molar-refractivity contribution in [2.24, 2.45) is 0 Å². The maximum atomic E-state index is 12.3. The first-order valence-electron chi connectivity index (χ1n) is 6.11. The minimum Gasteiger partial charge on any atom is -0.324 e. The van der Waals surface area contributed by atoms with E-state index in [-0.39, 0.29) is 18.2 Å². The molecule has 1 aromatic carbocycles. The number of imidazole rings is 1. The molecule has 1 aromatic heterocycles. The molecule has 1 unspecified atom stereocenters. The van der Waals surface area contributed by atoms with Gasteiger partial charge in [0.25, 0.3) is 5.91 Å². The van der Waals surface area contributed by atoms with Crippen LogP contribution < -0.4 is 0 Å². The zero-order chi connectivity index (χ0) is 13.2. The summed E-state index contributed by atoms with van der Waals surface area (Å²) in [4.78, 5) is 29.5. The van der Waals surface area contributed by atoms with Crippen LogP contribution in [0.5, 0.6) is 0 Å². The number of hydrogen-bond acceptors (Lipinski definition) is 3. The van der Waals surface area contributed by atoms with E-state index in [1.165, 1.54) is 4.90 Å².